The summed E-state index contributed by atoms with van der Waals surface area (Å²) >= 11 is 0. The van der Waals surface area contributed by atoms with E-state index in [4.69, 9.17) is 4.74 Å². The highest BCUT2D eigenvalue weighted by molar-refractivity contribution is 5.88. The Morgan fingerprint density at radius 3 is 2.95 bits per heavy atom. The predicted molar refractivity (Wildman–Crippen MR) is 84.3 cm³/mol. The zero-order valence-electron chi connectivity index (χ0n) is 12.6. The van der Waals surface area contributed by atoms with Crippen LogP contribution in [0.15, 0.2) is 36.4 Å². The fourth-order valence-corrected chi connectivity index (χ4v) is 2.53. The van der Waals surface area contributed by atoms with Crippen LogP contribution in [0.1, 0.15) is 18.5 Å². The number of amides is 2. The summed E-state index contributed by atoms with van der Waals surface area (Å²) in [4.78, 5) is 12.0. The molecule has 0 saturated carbocycles. The minimum atomic E-state index is -0.243. The molecule has 1 aromatic carbocycles. The minimum absolute atomic E-state index is 0.131. The number of carbonyl (C=O) groups excluding carboxylic acids is 1. The van der Waals surface area contributed by atoms with E-state index in [2.05, 4.69) is 15.7 Å². The number of urea groups is 1. The normalized spacial score (nSPS) is 17.4. The molecule has 1 aliphatic rings. The van der Waals surface area contributed by atoms with Crippen molar-refractivity contribution < 1.29 is 9.53 Å². The Kier molecular flexibility index (Phi) is 4.39. The molecule has 1 atom stereocenters. The molecule has 2 aromatic rings. The third-order valence-corrected chi connectivity index (χ3v) is 3.59. The molecule has 1 aliphatic heterocycles. The third kappa shape index (κ3) is 3.46. The van der Waals surface area contributed by atoms with Crippen molar-refractivity contribution in [2.24, 2.45) is 0 Å². The van der Waals surface area contributed by atoms with Gasteiger partial charge in [-0.15, -0.1) is 0 Å². The molecular weight excluding hydrogens is 280 g/mol. The number of aryl methyl sites for hydroxylation is 1. The average molecular weight is 300 g/mol. The van der Waals surface area contributed by atoms with Gasteiger partial charge in [0, 0.05) is 19.2 Å². The van der Waals surface area contributed by atoms with Gasteiger partial charge in [-0.05, 0) is 31.9 Å². The van der Waals surface area contributed by atoms with Gasteiger partial charge < -0.3 is 10.1 Å². The largest absolute Gasteiger partial charge is 0.376 e. The van der Waals surface area contributed by atoms with Gasteiger partial charge in [-0.2, -0.15) is 5.10 Å². The molecule has 0 radical (unpaired) electrons. The van der Waals surface area contributed by atoms with Gasteiger partial charge in [0.25, 0.3) is 0 Å². The van der Waals surface area contributed by atoms with Crippen molar-refractivity contribution in [1.29, 1.82) is 0 Å². The Balaban J connectivity index is 1.65. The Labute approximate surface area is 129 Å². The van der Waals surface area contributed by atoms with Crippen molar-refractivity contribution in [3.8, 4) is 5.69 Å². The standard InChI is InChI=1S/C16H20N4O2/c1-12-10-15(20(19-12)13-6-3-2-4-7-13)18-16(21)17-11-14-8-5-9-22-14/h2-4,6-7,10,14H,5,8-9,11H2,1H3,(H2,17,18,21)/t14-/m0/s1. The first-order valence-corrected chi connectivity index (χ1v) is 7.51. The van der Waals surface area contributed by atoms with Crippen LogP contribution in [0.25, 0.3) is 5.69 Å². The molecule has 0 unspecified atom stereocenters. The Hall–Kier alpha value is -2.34. The molecule has 0 aliphatic carbocycles. The maximum absolute atomic E-state index is 12.0. The van der Waals surface area contributed by atoms with Crippen LogP contribution in [-0.4, -0.2) is 35.1 Å². The number of para-hydroxylation sites is 1. The van der Waals surface area contributed by atoms with E-state index in [1.807, 2.05) is 43.3 Å². The van der Waals surface area contributed by atoms with Crippen molar-refractivity contribution in [2.75, 3.05) is 18.5 Å². The second-order valence-corrected chi connectivity index (χ2v) is 5.39. The highest BCUT2D eigenvalue weighted by atomic mass is 16.5. The Bertz CT molecular complexity index is 633. The SMILES string of the molecule is Cc1cc(NC(=O)NC[C@@H]2CCCO2)n(-c2ccccc2)n1. The lowest BCUT2D eigenvalue weighted by atomic mass is 10.2. The van der Waals surface area contributed by atoms with Gasteiger partial charge in [0.1, 0.15) is 5.82 Å². The predicted octanol–water partition coefficient (Wildman–Crippen LogP) is 2.48. The molecule has 6 heteroatoms. The topological polar surface area (TPSA) is 68.2 Å². The van der Waals surface area contributed by atoms with Crippen molar-refractivity contribution in [1.82, 2.24) is 15.1 Å². The van der Waals surface area contributed by atoms with Crippen molar-refractivity contribution in [3.05, 3.63) is 42.1 Å². The number of hydrogen-bond donors (Lipinski definition) is 2. The zero-order valence-corrected chi connectivity index (χ0v) is 12.6. The van der Waals surface area contributed by atoms with E-state index in [1.165, 1.54) is 0 Å². The van der Waals surface area contributed by atoms with Crippen LogP contribution < -0.4 is 10.6 Å². The van der Waals surface area contributed by atoms with Crippen LogP contribution in [0.5, 0.6) is 0 Å². The molecule has 6 nitrogen and oxygen atoms in total. The lowest BCUT2D eigenvalue weighted by Gasteiger charge is -2.12. The molecule has 22 heavy (non-hydrogen) atoms. The Morgan fingerprint density at radius 2 is 2.23 bits per heavy atom. The molecular formula is C16H20N4O2. The third-order valence-electron chi connectivity index (χ3n) is 3.59. The molecule has 1 fully saturated rings. The number of benzene rings is 1. The highest BCUT2D eigenvalue weighted by Crippen LogP contribution is 2.17. The van der Waals surface area contributed by atoms with Gasteiger partial charge in [0.05, 0.1) is 17.5 Å². The van der Waals surface area contributed by atoms with Gasteiger partial charge in [-0.25, -0.2) is 9.48 Å². The van der Waals surface area contributed by atoms with E-state index in [0.717, 1.165) is 30.8 Å². The number of aromatic nitrogens is 2. The second-order valence-electron chi connectivity index (χ2n) is 5.39. The number of ether oxygens (including phenoxy) is 1. The summed E-state index contributed by atoms with van der Waals surface area (Å²) in [6.45, 7) is 3.22. The lowest BCUT2D eigenvalue weighted by Crippen LogP contribution is -2.35. The maximum atomic E-state index is 12.0. The first-order valence-electron chi connectivity index (χ1n) is 7.51. The van der Waals surface area contributed by atoms with Crippen LogP contribution in [-0.2, 0) is 4.74 Å². The summed E-state index contributed by atoms with van der Waals surface area (Å²) in [7, 11) is 0. The quantitative estimate of drug-likeness (QED) is 0.911. The van der Waals surface area contributed by atoms with Gasteiger partial charge in [0.15, 0.2) is 0 Å². The number of nitrogens with one attached hydrogen (secondary N) is 2. The van der Waals surface area contributed by atoms with Crippen LogP contribution >= 0.6 is 0 Å². The number of rotatable bonds is 4. The smallest absolute Gasteiger partial charge is 0.320 e. The van der Waals surface area contributed by atoms with Gasteiger partial charge in [-0.3, -0.25) is 5.32 Å². The fraction of sp³-hybridized carbons (Fsp3) is 0.375. The molecule has 1 aromatic heterocycles. The summed E-state index contributed by atoms with van der Waals surface area (Å²) in [5.74, 6) is 0.647. The summed E-state index contributed by atoms with van der Waals surface area (Å²) in [6.07, 6.45) is 2.20. The highest BCUT2D eigenvalue weighted by Gasteiger charge is 2.17. The first-order chi connectivity index (χ1) is 10.7. The van der Waals surface area contributed by atoms with Crippen LogP contribution in [0, 0.1) is 6.92 Å². The number of anilines is 1. The molecule has 2 heterocycles. The minimum Gasteiger partial charge on any atom is -0.376 e. The molecule has 0 bridgehead atoms. The Morgan fingerprint density at radius 1 is 1.41 bits per heavy atom. The van der Waals surface area contributed by atoms with Gasteiger partial charge in [-0.1, -0.05) is 18.2 Å². The molecule has 116 valence electrons. The van der Waals surface area contributed by atoms with Crippen LogP contribution in [0.2, 0.25) is 0 Å². The second kappa shape index (κ2) is 6.62. The molecule has 1 saturated heterocycles. The van der Waals surface area contributed by atoms with E-state index < -0.39 is 0 Å². The maximum Gasteiger partial charge on any atom is 0.320 e. The van der Waals surface area contributed by atoms with E-state index >= 15 is 0 Å². The first kappa shape index (κ1) is 14.6. The van der Waals surface area contributed by atoms with E-state index in [9.17, 15) is 4.79 Å². The molecule has 0 spiro atoms. The molecule has 3 rings (SSSR count). The summed E-state index contributed by atoms with van der Waals surface area (Å²) in [5, 5.41) is 10.1. The van der Waals surface area contributed by atoms with Crippen molar-refractivity contribution in [3.63, 3.8) is 0 Å². The van der Waals surface area contributed by atoms with Crippen molar-refractivity contribution in [2.45, 2.75) is 25.9 Å². The van der Waals surface area contributed by atoms with Crippen LogP contribution in [0.4, 0.5) is 10.6 Å². The van der Waals surface area contributed by atoms with Gasteiger partial charge >= 0.3 is 6.03 Å². The van der Waals surface area contributed by atoms with Crippen LogP contribution in [0.3, 0.4) is 0 Å². The summed E-state index contributed by atoms with van der Waals surface area (Å²) in [5.41, 5.74) is 1.75. The summed E-state index contributed by atoms with van der Waals surface area (Å²) < 4.78 is 7.21. The average Bonchev–Trinajstić information content (AvgIpc) is 3.16. The van der Waals surface area contributed by atoms with Crippen molar-refractivity contribution >= 4 is 11.8 Å². The number of carbonyl (C=O) groups is 1. The van der Waals surface area contributed by atoms with E-state index in [0.29, 0.717) is 12.4 Å². The number of nitrogens with zero attached hydrogens (tertiary/aromatic N) is 2. The zero-order chi connectivity index (χ0) is 15.4. The summed E-state index contributed by atoms with van der Waals surface area (Å²) in [6, 6.07) is 11.3. The van der Waals surface area contributed by atoms with Gasteiger partial charge in [0.2, 0.25) is 0 Å². The lowest BCUT2D eigenvalue weighted by molar-refractivity contribution is 0.112. The van der Waals surface area contributed by atoms with E-state index in [1.54, 1.807) is 4.68 Å². The molecule has 2 amide bonds. The molecule has 2 N–H and O–H groups in total. The number of hydrogen-bond acceptors (Lipinski definition) is 3. The fourth-order valence-electron chi connectivity index (χ4n) is 2.53. The monoisotopic (exact) mass is 300 g/mol. The van der Waals surface area contributed by atoms with E-state index in [-0.39, 0.29) is 12.1 Å².